The van der Waals surface area contributed by atoms with E-state index in [1.165, 1.54) is 18.3 Å². The maximum absolute atomic E-state index is 13.8. The van der Waals surface area contributed by atoms with Crippen molar-refractivity contribution in [2.24, 2.45) is 5.41 Å². The van der Waals surface area contributed by atoms with E-state index in [2.05, 4.69) is 19.9 Å². The molecular weight excluding hydrogens is 412 g/mol. The quantitative estimate of drug-likeness (QED) is 0.725. The predicted octanol–water partition coefficient (Wildman–Crippen LogP) is 3.51. The molecule has 1 aromatic heterocycles. The summed E-state index contributed by atoms with van der Waals surface area (Å²) in [5.41, 5.74) is 0.856. The molecule has 1 atom stereocenters. The fourth-order valence-electron chi connectivity index (χ4n) is 5.10. The van der Waals surface area contributed by atoms with Crippen LogP contribution in [0.25, 0.3) is 0 Å². The lowest BCUT2D eigenvalue weighted by atomic mass is 9.77. The highest BCUT2D eigenvalue weighted by Gasteiger charge is 2.56. The van der Waals surface area contributed by atoms with E-state index in [9.17, 15) is 13.6 Å². The number of aromatic nitrogens is 2. The molecule has 0 aliphatic carbocycles. The van der Waals surface area contributed by atoms with E-state index >= 15 is 0 Å². The van der Waals surface area contributed by atoms with Crippen LogP contribution in [-0.4, -0.2) is 52.1 Å². The molecule has 0 unspecified atom stereocenters. The van der Waals surface area contributed by atoms with Gasteiger partial charge in [-0.15, -0.1) is 0 Å². The van der Waals surface area contributed by atoms with E-state index in [-0.39, 0.29) is 11.9 Å². The monoisotopic (exact) mass is 433 g/mol. The van der Waals surface area contributed by atoms with Crippen molar-refractivity contribution in [2.45, 2.75) is 32.2 Å². The first kappa shape index (κ1) is 19.6. The number of hydrogen-bond acceptors (Lipinski definition) is 5. The second kappa shape index (κ2) is 7.13. The van der Waals surface area contributed by atoms with Crippen molar-refractivity contribution in [1.82, 2.24) is 20.0 Å². The van der Waals surface area contributed by atoms with Crippen molar-refractivity contribution >= 4 is 23.3 Å². The highest BCUT2D eigenvalue weighted by Crippen LogP contribution is 2.47. The lowest BCUT2D eigenvalue weighted by Crippen LogP contribution is -2.46. The molecule has 4 heterocycles. The second-order valence-electron chi connectivity index (χ2n) is 8.41. The Labute approximate surface area is 178 Å². The second-order valence-corrected chi connectivity index (χ2v) is 8.80. The molecule has 6 nitrogen and oxygen atoms in total. The van der Waals surface area contributed by atoms with Crippen molar-refractivity contribution in [2.75, 3.05) is 31.1 Å². The number of benzene rings is 1. The van der Waals surface area contributed by atoms with Crippen molar-refractivity contribution < 1.29 is 13.6 Å². The fourth-order valence-corrected chi connectivity index (χ4v) is 5.22. The Bertz CT molecular complexity index is 991. The first-order chi connectivity index (χ1) is 14.4. The Balaban J connectivity index is 1.36. The highest BCUT2D eigenvalue weighted by atomic mass is 35.5. The number of hydrazine groups is 1. The topological polar surface area (TPSA) is 52.6 Å². The van der Waals surface area contributed by atoms with E-state index < -0.39 is 17.0 Å². The maximum Gasteiger partial charge on any atom is 0.245 e. The smallest absolute Gasteiger partial charge is 0.245 e. The largest absolute Gasteiger partial charge is 0.355 e. The minimum atomic E-state index is -0.615. The van der Waals surface area contributed by atoms with Gasteiger partial charge in [0.15, 0.2) is 5.82 Å². The Kier molecular flexibility index (Phi) is 4.67. The summed E-state index contributed by atoms with van der Waals surface area (Å²) in [4.78, 5) is 24.3. The van der Waals surface area contributed by atoms with Crippen LogP contribution < -0.4 is 4.90 Å². The number of fused-ring (bicyclic) bond motifs is 1. The van der Waals surface area contributed by atoms with Crippen LogP contribution in [0, 0.1) is 24.0 Å². The molecule has 3 saturated heterocycles. The number of rotatable bonds is 2. The van der Waals surface area contributed by atoms with Crippen molar-refractivity contribution in [3.63, 3.8) is 0 Å². The van der Waals surface area contributed by atoms with Gasteiger partial charge in [-0.25, -0.2) is 18.8 Å². The van der Waals surface area contributed by atoms with Crippen LogP contribution in [-0.2, 0) is 4.79 Å². The first-order valence-electron chi connectivity index (χ1n) is 10.1. The van der Waals surface area contributed by atoms with Crippen LogP contribution in [0.4, 0.5) is 14.6 Å². The standard InChI is InChI=1S/C21H22ClF2N5O/c1-13-19(26-18(22)11-25-13)27-6-3-21(4-7-27)12-28-5-2-17(29(28)20(21)30)14-8-15(23)10-16(24)9-14/h8-11,17H,2-7,12H2,1H3/t17-/m0/s1. The Hall–Kier alpha value is -2.32. The van der Waals surface area contributed by atoms with Gasteiger partial charge in [0.2, 0.25) is 5.91 Å². The number of aryl methyl sites for hydroxylation is 1. The zero-order valence-electron chi connectivity index (χ0n) is 16.6. The van der Waals surface area contributed by atoms with Gasteiger partial charge in [0.1, 0.15) is 16.8 Å². The van der Waals surface area contributed by atoms with E-state index in [1.807, 2.05) is 6.92 Å². The summed E-state index contributed by atoms with van der Waals surface area (Å²) in [6.45, 7) is 4.62. The number of nitrogens with zero attached hydrogens (tertiary/aromatic N) is 5. The molecular formula is C21H22ClF2N5O. The molecule has 9 heteroatoms. The lowest BCUT2D eigenvalue weighted by molar-refractivity contribution is -0.143. The molecule has 3 fully saturated rings. The van der Waals surface area contributed by atoms with Gasteiger partial charge in [-0.2, -0.15) is 0 Å². The molecule has 158 valence electrons. The van der Waals surface area contributed by atoms with Gasteiger partial charge >= 0.3 is 0 Å². The van der Waals surface area contributed by atoms with Crippen molar-refractivity contribution in [3.8, 4) is 0 Å². The van der Waals surface area contributed by atoms with E-state index in [0.717, 1.165) is 17.6 Å². The maximum atomic E-state index is 13.8. The van der Waals surface area contributed by atoms with Gasteiger partial charge in [0, 0.05) is 32.2 Å². The number of anilines is 1. The summed E-state index contributed by atoms with van der Waals surface area (Å²) in [6, 6.07) is 3.21. The predicted molar refractivity (Wildman–Crippen MR) is 108 cm³/mol. The molecule has 0 N–H and O–H groups in total. The third-order valence-corrected chi connectivity index (χ3v) is 6.78. The Morgan fingerprint density at radius 3 is 2.53 bits per heavy atom. The molecule has 0 saturated carbocycles. The summed E-state index contributed by atoms with van der Waals surface area (Å²) >= 11 is 6.02. The number of halogens is 3. The van der Waals surface area contributed by atoms with E-state index in [0.29, 0.717) is 56.2 Å². The molecule has 1 amide bonds. The molecule has 0 bridgehead atoms. The molecule has 3 aliphatic heterocycles. The van der Waals surface area contributed by atoms with Gasteiger partial charge in [0.25, 0.3) is 0 Å². The van der Waals surface area contributed by atoms with Crippen LogP contribution in [0.2, 0.25) is 5.15 Å². The zero-order valence-corrected chi connectivity index (χ0v) is 17.4. The van der Waals surface area contributed by atoms with Crippen LogP contribution in [0.3, 0.4) is 0 Å². The third kappa shape index (κ3) is 3.13. The van der Waals surface area contributed by atoms with Crippen LogP contribution >= 0.6 is 11.6 Å². The minimum absolute atomic E-state index is 0.0585. The molecule has 30 heavy (non-hydrogen) atoms. The normalized spacial score (nSPS) is 23.5. The molecule has 3 aliphatic rings. The van der Waals surface area contributed by atoms with Gasteiger partial charge in [0.05, 0.1) is 23.3 Å². The minimum Gasteiger partial charge on any atom is -0.355 e. The summed E-state index contributed by atoms with van der Waals surface area (Å²) in [5.74, 6) is -0.410. The van der Waals surface area contributed by atoms with Gasteiger partial charge < -0.3 is 4.90 Å². The Morgan fingerprint density at radius 2 is 1.83 bits per heavy atom. The van der Waals surface area contributed by atoms with Gasteiger partial charge in [-0.3, -0.25) is 14.8 Å². The zero-order chi connectivity index (χ0) is 21.0. The molecule has 1 spiro atoms. The number of amides is 1. The molecule has 1 aromatic carbocycles. The molecule has 2 aromatic rings. The number of carbonyl (C=O) groups is 1. The molecule has 5 rings (SSSR count). The number of carbonyl (C=O) groups excluding carboxylic acids is 1. The van der Waals surface area contributed by atoms with E-state index in [4.69, 9.17) is 11.6 Å². The van der Waals surface area contributed by atoms with Crippen molar-refractivity contribution in [1.29, 1.82) is 0 Å². The fraction of sp³-hybridized carbons (Fsp3) is 0.476. The van der Waals surface area contributed by atoms with Crippen LogP contribution in [0.5, 0.6) is 0 Å². The lowest BCUT2D eigenvalue weighted by Gasteiger charge is -2.38. The van der Waals surface area contributed by atoms with Gasteiger partial charge in [-0.1, -0.05) is 11.6 Å². The number of hydrogen-bond donors (Lipinski definition) is 0. The Morgan fingerprint density at radius 1 is 1.13 bits per heavy atom. The SMILES string of the molecule is Cc1ncc(Cl)nc1N1CCC2(CC1)CN1CC[C@@H](c3cc(F)cc(F)c3)N1C2=O. The highest BCUT2D eigenvalue weighted by molar-refractivity contribution is 6.29. The van der Waals surface area contributed by atoms with Crippen LogP contribution in [0.1, 0.15) is 36.6 Å². The average Bonchev–Trinajstić information content (AvgIpc) is 3.22. The third-order valence-electron chi connectivity index (χ3n) is 6.60. The van der Waals surface area contributed by atoms with Crippen molar-refractivity contribution in [3.05, 3.63) is 52.4 Å². The van der Waals surface area contributed by atoms with Gasteiger partial charge in [-0.05, 0) is 43.9 Å². The number of piperidine rings is 1. The summed E-state index contributed by atoms with van der Waals surface area (Å²) < 4.78 is 27.5. The summed E-state index contributed by atoms with van der Waals surface area (Å²) in [6.07, 6.45) is 3.59. The molecule has 0 radical (unpaired) electrons. The van der Waals surface area contributed by atoms with E-state index in [1.54, 1.807) is 5.01 Å². The average molecular weight is 434 g/mol. The summed E-state index contributed by atoms with van der Waals surface area (Å²) in [5, 5.41) is 4.15. The van der Waals surface area contributed by atoms with Crippen LogP contribution in [0.15, 0.2) is 24.4 Å². The first-order valence-corrected chi connectivity index (χ1v) is 10.5. The summed E-state index contributed by atoms with van der Waals surface area (Å²) in [7, 11) is 0.